The summed E-state index contributed by atoms with van der Waals surface area (Å²) in [5.74, 6) is 0.163. The summed E-state index contributed by atoms with van der Waals surface area (Å²) >= 11 is 0. The molecule has 0 radical (unpaired) electrons. The van der Waals surface area contributed by atoms with E-state index in [9.17, 15) is 13.2 Å². The molecule has 1 aromatic heterocycles. The van der Waals surface area contributed by atoms with Crippen LogP contribution in [-0.4, -0.2) is 44.1 Å². The molecule has 2 N–H and O–H groups in total. The number of fused-ring (bicyclic) bond motifs is 3. The van der Waals surface area contributed by atoms with Crippen molar-refractivity contribution in [3.63, 3.8) is 0 Å². The van der Waals surface area contributed by atoms with Gasteiger partial charge in [0.15, 0.2) is 4.90 Å². The van der Waals surface area contributed by atoms with Crippen molar-refractivity contribution >= 4 is 21.7 Å². The zero-order valence-electron chi connectivity index (χ0n) is 15.7. The maximum absolute atomic E-state index is 12.8. The van der Waals surface area contributed by atoms with E-state index in [0.29, 0.717) is 26.4 Å². The van der Waals surface area contributed by atoms with E-state index < -0.39 is 16.1 Å². The number of hydrogen-bond acceptors (Lipinski definition) is 6. The smallest absolute Gasteiger partial charge is 0.333 e. The molecular formula is C19H20N4O5S. The highest BCUT2D eigenvalue weighted by Crippen LogP contribution is 2.41. The van der Waals surface area contributed by atoms with Gasteiger partial charge in [-0.1, -0.05) is 6.07 Å². The standard InChI is InChI=1S/C19H20N4O5S/c24-18(21-16-13-3-1-11(13)5-12-2-4-14(12)16)22-29(25,26)15-6-20-23-7-19(8-27-9-19)10-28-17(15)23/h5-6H,1-4,7-10H2,(H2,21,22,24). The zero-order valence-corrected chi connectivity index (χ0v) is 16.5. The molecule has 2 aromatic rings. The lowest BCUT2D eigenvalue weighted by Gasteiger charge is -2.43. The van der Waals surface area contributed by atoms with Gasteiger partial charge in [0.05, 0.1) is 31.4 Å². The van der Waals surface area contributed by atoms with Crippen molar-refractivity contribution in [2.75, 3.05) is 25.1 Å². The van der Waals surface area contributed by atoms with Crippen LogP contribution < -0.4 is 14.8 Å². The first kappa shape index (κ1) is 17.3. The Morgan fingerprint density at radius 3 is 2.41 bits per heavy atom. The van der Waals surface area contributed by atoms with Crippen LogP contribution in [0.3, 0.4) is 0 Å². The van der Waals surface area contributed by atoms with Crippen LogP contribution in [0.1, 0.15) is 22.3 Å². The van der Waals surface area contributed by atoms with Crippen LogP contribution in [0.5, 0.6) is 5.88 Å². The second-order valence-corrected chi connectivity index (χ2v) is 9.99. The molecule has 2 aliphatic carbocycles. The monoisotopic (exact) mass is 416 g/mol. The van der Waals surface area contributed by atoms with Crippen LogP contribution >= 0.6 is 0 Å². The largest absolute Gasteiger partial charge is 0.476 e. The minimum Gasteiger partial charge on any atom is -0.476 e. The van der Waals surface area contributed by atoms with Crippen LogP contribution in [-0.2, 0) is 47.0 Å². The van der Waals surface area contributed by atoms with E-state index in [1.54, 1.807) is 0 Å². The Hall–Kier alpha value is -2.59. The molecule has 0 bridgehead atoms. The number of carbonyl (C=O) groups excluding carboxylic acids is 1. The van der Waals surface area contributed by atoms with Crippen molar-refractivity contribution in [1.82, 2.24) is 14.5 Å². The maximum atomic E-state index is 12.8. The summed E-state index contributed by atoms with van der Waals surface area (Å²) in [6.45, 7) is 2.05. The van der Waals surface area contributed by atoms with Crippen LogP contribution in [0.15, 0.2) is 17.2 Å². The second kappa shape index (κ2) is 5.73. The lowest BCUT2D eigenvalue weighted by molar-refractivity contribution is -0.154. The van der Waals surface area contributed by atoms with E-state index in [4.69, 9.17) is 9.47 Å². The third-order valence-electron chi connectivity index (χ3n) is 6.35. The fourth-order valence-corrected chi connectivity index (χ4v) is 5.47. The van der Waals surface area contributed by atoms with Gasteiger partial charge in [-0.05, 0) is 47.9 Å². The first-order valence-electron chi connectivity index (χ1n) is 9.71. The number of nitrogens with one attached hydrogen (secondary N) is 2. The molecule has 6 rings (SSSR count). The lowest BCUT2D eigenvalue weighted by Crippen LogP contribution is -2.52. The van der Waals surface area contributed by atoms with Gasteiger partial charge >= 0.3 is 6.03 Å². The SMILES string of the molecule is O=C(Nc1c2c(cc3c1CC3)CC2)NS(=O)(=O)c1cnn2c1OCC1(COC1)C2. The van der Waals surface area contributed by atoms with E-state index in [0.717, 1.165) is 42.5 Å². The fourth-order valence-electron chi connectivity index (χ4n) is 4.49. The topological polar surface area (TPSA) is 112 Å². The Morgan fingerprint density at radius 1 is 1.10 bits per heavy atom. The molecule has 0 atom stereocenters. The second-order valence-electron chi connectivity index (χ2n) is 8.34. The first-order valence-corrected chi connectivity index (χ1v) is 11.2. The van der Waals surface area contributed by atoms with Crippen molar-refractivity contribution in [1.29, 1.82) is 0 Å². The number of nitrogens with zero attached hydrogens (tertiary/aromatic N) is 2. The molecule has 1 spiro atoms. The van der Waals surface area contributed by atoms with Crippen molar-refractivity contribution in [3.05, 3.63) is 34.5 Å². The first-order chi connectivity index (χ1) is 13.9. The normalized spacial score (nSPS) is 20.1. The number of amides is 2. The van der Waals surface area contributed by atoms with E-state index in [1.165, 1.54) is 22.0 Å². The highest BCUT2D eigenvalue weighted by Gasteiger charge is 2.45. The number of rotatable bonds is 3. The highest BCUT2D eigenvalue weighted by molar-refractivity contribution is 7.90. The van der Waals surface area contributed by atoms with Crippen molar-refractivity contribution < 1.29 is 22.7 Å². The minimum absolute atomic E-state index is 0.128. The molecule has 29 heavy (non-hydrogen) atoms. The third-order valence-corrected chi connectivity index (χ3v) is 7.66. The number of aryl methyl sites for hydroxylation is 2. The molecular weight excluding hydrogens is 396 g/mol. The van der Waals surface area contributed by atoms with E-state index >= 15 is 0 Å². The minimum atomic E-state index is -4.12. The highest BCUT2D eigenvalue weighted by atomic mass is 32.2. The number of sulfonamides is 1. The summed E-state index contributed by atoms with van der Waals surface area (Å²) in [4.78, 5) is 12.4. The Kier molecular flexibility index (Phi) is 3.41. The summed E-state index contributed by atoms with van der Waals surface area (Å²) in [5, 5.41) is 6.92. The average molecular weight is 416 g/mol. The molecule has 10 heteroatoms. The van der Waals surface area contributed by atoms with E-state index in [-0.39, 0.29) is 16.2 Å². The Bertz CT molecular complexity index is 1140. The van der Waals surface area contributed by atoms with Crippen LogP contribution in [0.25, 0.3) is 0 Å². The summed E-state index contributed by atoms with van der Waals surface area (Å²) in [7, 11) is -4.12. The summed E-state index contributed by atoms with van der Waals surface area (Å²) in [5.41, 5.74) is 5.37. The van der Waals surface area contributed by atoms with Gasteiger partial charge in [0, 0.05) is 5.69 Å². The summed E-state index contributed by atoms with van der Waals surface area (Å²) in [6.07, 6.45) is 5.04. The van der Waals surface area contributed by atoms with Gasteiger partial charge in [-0.2, -0.15) is 5.10 Å². The lowest BCUT2D eigenvalue weighted by atomic mass is 9.76. The Balaban J connectivity index is 1.23. The molecule has 2 amide bonds. The fraction of sp³-hybridized carbons (Fsp3) is 0.474. The Morgan fingerprint density at radius 2 is 1.83 bits per heavy atom. The van der Waals surface area contributed by atoms with Gasteiger partial charge in [0.2, 0.25) is 5.88 Å². The number of ether oxygens (including phenoxy) is 2. The van der Waals surface area contributed by atoms with Gasteiger partial charge in [0.25, 0.3) is 10.0 Å². The van der Waals surface area contributed by atoms with Gasteiger partial charge in [-0.25, -0.2) is 22.6 Å². The van der Waals surface area contributed by atoms with Crippen molar-refractivity contribution in [3.8, 4) is 5.88 Å². The predicted octanol–water partition coefficient (Wildman–Crippen LogP) is 1.000. The molecule has 1 saturated heterocycles. The number of hydrogen-bond donors (Lipinski definition) is 2. The number of anilines is 1. The van der Waals surface area contributed by atoms with Gasteiger partial charge in [-0.15, -0.1) is 0 Å². The molecule has 2 aliphatic heterocycles. The van der Waals surface area contributed by atoms with Crippen LogP contribution in [0.4, 0.5) is 10.5 Å². The van der Waals surface area contributed by atoms with Gasteiger partial charge < -0.3 is 14.8 Å². The molecule has 3 heterocycles. The molecule has 4 aliphatic rings. The number of aromatic nitrogens is 2. The Labute approximate surface area is 167 Å². The van der Waals surface area contributed by atoms with E-state index in [1.807, 2.05) is 0 Å². The van der Waals surface area contributed by atoms with Crippen molar-refractivity contribution in [2.24, 2.45) is 5.41 Å². The number of urea groups is 1. The van der Waals surface area contributed by atoms with Gasteiger partial charge in [-0.3, -0.25) is 0 Å². The molecule has 1 aromatic carbocycles. The van der Waals surface area contributed by atoms with Crippen molar-refractivity contribution in [2.45, 2.75) is 37.1 Å². The zero-order chi connectivity index (χ0) is 19.8. The molecule has 0 unspecified atom stereocenters. The third kappa shape index (κ3) is 2.52. The molecule has 0 saturated carbocycles. The quantitative estimate of drug-likeness (QED) is 0.772. The molecule has 1 fully saturated rings. The predicted molar refractivity (Wildman–Crippen MR) is 102 cm³/mol. The summed E-state index contributed by atoms with van der Waals surface area (Å²) in [6, 6.07) is 1.44. The number of benzene rings is 1. The average Bonchev–Trinajstić information content (AvgIpc) is 3.00. The van der Waals surface area contributed by atoms with Gasteiger partial charge in [0.1, 0.15) is 6.61 Å². The van der Waals surface area contributed by atoms with Crippen LogP contribution in [0, 0.1) is 5.41 Å². The van der Waals surface area contributed by atoms with E-state index in [2.05, 4.69) is 21.2 Å². The molecule has 9 nitrogen and oxygen atoms in total. The molecule has 152 valence electrons. The van der Waals surface area contributed by atoms with Crippen LogP contribution in [0.2, 0.25) is 0 Å². The maximum Gasteiger partial charge on any atom is 0.333 e. The number of carbonyl (C=O) groups is 1. The summed E-state index contributed by atoms with van der Waals surface area (Å²) < 4.78 is 40.2.